The molecule has 0 aromatic carbocycles. The van der Waals surface area contributed by atoms with Gasteiger partial charge in [-0.1, -0.05) is 0 Å². The van der Waals surface area contributed by atoms with Crippen LogP contribution in [-0.4, -0.2) is 47.2 Å². The maximum atomic E-state index is 13.1. The summed E-state index contributed by atoms with van der Waals surface area (Å²) in [4.78, 5) is 22.3. The Hall–Kier alpha value is -2.06. The molecule has 1 saturated carbocycles. The van der Waals surface area contributed by atoms with Crippen LogP contribution in [0.3, 0.4) is 0 Å². The second-order valence-corrected chi connectivity index (χ2v) is 6.74. The molecule has 4 rings (SSSR count). The summed E-state index contributed by atoms with van der Waals surface area (Å²) in [5, 5.41) is 8.85. The van der Waals surface area contributed by atoms with Crippen molar-refractivity contribution in [2.24, 2.45) is 17.8 Å². The smallest absolute Gasteiger partial charge is 0.433 e. The largest absolute Gasteiger partial charge is 0.481 e. The third kappa shape index (κ3) is 2.65. The first-order valence-electron chi connectivity index (χ1n) is 8.01. The van der Waals surface area contributed by atoms with Gasteiger partial charge in [0, 0.05) is 38.7 Å². The number of aliphatic carboxylic acids is 1. The first kappa shape index (κ1) is 15.5. The number of carbonyl (C=O) groups is 1. The molecule has 0 amide bonds. The Morgan fingerprint density at radius 2 is 1.88 bits per heavy atom. The van der Waals surface area contributed by atoms with E-state index in [0.29, 0.717) is 32.0 Å². The summed E-state index contributed by atoms with van der Waals surface area (Å²) in [5.41, 5.74) is -0.919. The van der Waals surface area contributed by atoms with E-state index in [9.17, 15) is 18.0 Å². The predicted molar refractivity (Wildman–Crippen MR) is 78.8 cm³/mol. The number of alkyl halides is 3. The van der Waals surface area contributed by atoms with Gasteiger partial charge in [-0.3, -0.25) is 4.79 Å². The first-order valence-corrected chi connectivity index (χ1v) is 8.01. The molecule has 2 saturated heterocycles. The molecular formula is C15H17F3N4O2. The van der Waals surface area contributed by atoms with E-state index in [1.165, 1.54) is 0 Å². The van der Waals surface area contributed by atoms with Crippen molar-refractivity contribution < 1.29 is 23.1 Å². The van der Waals surface area contributed by atoms with E-state index in [4.69, 9.17) is 5.11 Å². The molecule has 9 heteroatoms. The molecule has 24 heavy (non-hydrogen) atoms. The number of anilines is 2. The molecule has 1 aromatic rings. The summed E-state index contributed by atoms with van der Waals surface area (Å²) in [6.45, 7) is 2.48. The standard InChI is InChI=1S/C15H17F3N4O2/c16-15(17,18)11-5-12(20-14(19-11)21-2-1-3-21)22-6-9-8(4-13(23)24)10(9)7-22/h5,8-10H,1-4,6-7H2,(H,23,24)/t8?,9-,10+. The molecule has 3 atom stereocenters. The summed E-state index contributed by atoms with van der Waals surface area (Å²) >= 11 is 0. The van der Waals surface area contributed by atoms with E-state index in [1.807, 2.05) is 4.90 Å². The highest BCUT2D eigenvalue weighted by atomic mass is 19.4. The molecule has 0 spiro atoms. The molecule has 1 N–H and O–H groups in total. The van der Waals surface area contributed by atoms with Gasteiger partial charge in [0.05, 0.1) is 0 Å². The molecule has 3 aliphatic rings. The van der Waals surface area contributed by atoms with E-state index in [1.54, 1.807) is 4.90 Å². The van der Waals surface area contributed by atoms with Gasteiger partial charge in [-0.05, 0) is 24.2 Å². The average molecular weight is 342 g/mol. The number of rotatable bonds is 4. The highest BCUT2D eigenvalue weighted by Crippen LogP contribution is 2.54. The van der Waals surface area contributed by atoms with E-state index < -0.39 is 17.8 Å². The van der Waals surface area contributed by atoms with E-state index in [0.717, 1.165) is 12.5 Å². The molecule has 0 bridgehead atoms. The van der Waals surface area contributed by atoms with Crippen molar-refractivity contribution in [2.45, 2.75) is 19.0 Å². The van der Waals surface area contributed by atoms with Crippen molar-refractivity contribution in [1.82, 2.24) is 9.97 Å². The van der Waals surface area contributed by atoms with Crippen LogP contribution in [0.2, 0.25) is 0 Å². The molecule has 130 valence electrons. The lowest BCUT2D eigenvalue weighted by Crippen LogP contribution is -2.39. The van der Waals surface area contributed by atoms with Crippen LogP contribution in [0.4, 0.5) is 24.9 Å². The Labute approximate surface area is 136 Å². The fraction of sp³-hybridized carbons (Fsp3) is 0.667. The van der Waals surface area contributed by atoms with Crippen LogP contribution in [-0.2, 0) is 11.0 Å². The number of piperidine rings is 1. The van der Waals surface area contributed by atoms with Crippen molar-refractivity contribution in [3.63, 3.8) is 0 Å². The third-order valence-electron chi connectivity index (χ3n) is 5.24. The molecule has 3 heterocycles. The SMILES string of the molecule is O=C(O)CC1[C@H]2CN(c3cc(C(F)(F)F)nc(N4CCC4)n3)C[C@@H]12. The first-order chi connectivity index (χ1) is 11.3. The van der Waals surface area contributed by atoms with Crippen molar-refractivity contribution in [3.8, 4) is 0 Å². The predicted octanol–water partition coefficient (Wildman–Crippen LogP) is 1.86. The van der Waals surface area contributed by atoms with E-state index >= 15 is 0 Å². The minimum Gasteiger partial charge on any atom is -0.481 e. The average Bonchev–Trinajstić information content (AvgIpc) is 2.89. The number of nitrogens with zero attached hydrogens (tertiary/aromatic N) is 4. The van der Waals surface area contributed by atoms with Crippen molar-refractivity contribution >= 4 is 17.7 Å². The molecule has 6 nitrogen and oxygen atoms in total. The number of fused-ring (bicyclic) bond motifs is 1. The molecule has 1 unspecified atom stereocenters. The second-order valence-electron chi connectivity index (χ2n) is 6.74. The second kappa shape index (κ2) is 5.22. The zero-order valence-electron chi connectivity index (χ0n) is 12.8. The number of carboxylic acid groups (broad SMARTS) is 1. The summed E-state index contributed by atoms with van der Waals surface area (Å²) in [5.74, 6) is 0.255. The Kier molecular flexibility index (Phi) is 3.36. The Balaban J connectivity index is 1.54. The fourth-order valence-corrected chi connectivity index (χ4v) is 3.73. The van der Waals surface area contributed by atoms with Gasteiger partial charge in [0.1, 0.15) is 5.82 Å². The molecule has 1 aliphatic carbocycles. The molecular weight excluding hydrogens is 325 g/mol. The molecule has 2 aliphatic heterocycles. The van der Waals surface area contributed by atoms with Crippen molar-refractivity contribution in [2.75, 3.05) is 36.0 Å². The minimum absolute atomic E-state index is 0.133. The fourth-order valence-electron chi connectivity index (χ4n) is 3.73. The van der Waals surface area contributed by atoms with Crippen LogP contribution in [0.25, 0.3) is 0 Å². The van der Waals surface area contributed by atoms with E-state index in [-0.39, 0.29) is 30.1 Å². The highest BCUT2D eigenvalue weighted by Gasteiger charge is 2.56. The Morgan fingerprint density at radius 3 is 2.38 bits per heavy atom. The van der Waals surface area contributed by atoms with Crippen LogP contribution in [0.15, 0.2) is 6.07 Å². The monoisotopic (exact) mass is 342 g/mol. The van der Waals surface area contributed by atoms with Crippen molar-refractivity contribution in [3.05, 3.63) is 11.8 Å². The lowest BCUT2D eigenvalue weighted by Gasteiger charge is -2.32. The minimum atomic E-state index is -4.51. The van der Waals surface area contributed by atoms with Gasteiger partial charge in [0.15, 0.2) is 5.69 Å². The maximum absolute atomic E-state index is 13.1. The number of hydrogen-bond acceptors (Lipinski definition) is 5. The normalized spacial score (nSPS) is 28.5. The van der Waals surface area contributed by atoms with Crippen LogP contribution < -0.4 is 9.80 Å². The topological polar surface area (TPSA) is 69.6 Å². The number of hydrogen-bond donors (Lipinski definition) is 1. The van der Waals surface area contributed by atoms with Crippen LogP contribution >= 0.6 is 0 Å². The lowest BCUT2D eigenvalue weighted by molar-refractivity contribution is -0.141. The van der Waals surface area contributed by atoms with Crippen LogP contribution in [0, 0.1) is 17.8 Å². The Morgan fingerprint density at radius 1 is 1.21 bits per heavy atom. The quantitative estimate of drug-likeness (QED) is 0.901. The summed E-state index contributed by atoms with van der Waals surface area (Å²) in [6, 6.07) is 1.00. The Bertz CT molecular complexity index is 665. The van der Waals surface area contributed by atoms with E-state index in [2.05, 4.69) is 9.97 Å². The third-order valence-corrected chi connectivity index (χ3v) is 5.24. The van der Waals surface area contributed by atoms with Crippen LogP contribution in [0.1, 0.15) is 18.5 Å². The zero-order valence-corrected chi connectivity index (χ0v) is 12.8. The zero-order chi connectivity index (χ0) is 17.1. The van der Waals surface area contributed by atoms with Gasteiger partial charge in [-0.25, -0.2) is 4.98 Å². The van der Waals surface area contributed by atoms with Gasteiger partial charge >= 0.3 is 12.1 Å². The van der Waals surface area contributed by atoms with Crippen molar-refractivity contribution in [1.29, 1.82) is 0 Å². The maximum Gasteiger partial charge on any atom is 0.433 e. The van der Waals surface area contributed by atoms with Gasteiger partial charge in [-0.2, -0.15) is 18.2 Å². The number of halogens is 3. The van der Waals surface area contributed by atoms with Crippen LogP contribution in [0.5, 0.6) is 0 Å². The molecule has 0 radical (unpaired) electrons. The summed E-state index contributed by atoms with van der Waals surface area (Å²) < 4.78 is 39.4. The van der Waals surface area contributed by atoms with Gasteiger partial charge in [0.25, 0.3) is 0 Å². The molecule has 3 fully saturated rings. The summed E-state index contributed by atoms with van der Waals surface area (Å²) in [7, 11) is 0. The van der Waals surface area contributed by atoms with Gasteiger partial charge in [0.2, 0.25) is 5.95 Å². The van der Waals surface area contributed by atoms with Gasteiger partial charge < -0.3 is 14.9 Å². The molecule has 1 aromatic heterocycles. The number of carboxylic acids is 1. The number of aromatic nitrogens is 2. The highest BCUT2D eigenvalue weighted by molar-refractivity contribution is 5.68. The van der Waals surface area contributed by atoms with Gasteiger partial charge in [-0.15, -0.1) is 0 Å². The summed E-state index contributed by atoms with van der Waals surface area (Å²) in [6.07, 6.45) is -3.44. The lowest BCUT2D eigenvalue weighted by atomic mass is 10.2.